The topological polar surface area (TPSA) is 66.0 Å². The van der Waals surface area contributed by atoms with Gasteiger partial charge in [-0.15, -0.1) is 11.8 Å². The quantitative estimate of drug-likeness (QED) is 0.811. The van der Waals surface area contributed by atoms with Crippen LogP contribution < -0.4 is 5.43 Å². The Morgan fingerprint density at radius 3 is 2.88 bits per heavy atom. The van der Waals surface area contributed by atoms with Gasteiger partial charge in [-0.2, -0.15) is 0 Å². The molecule has 0 atom stereocenters. The number of nitrogens with one attached hydrogen (secondary N) is 1. The molecule has 2 N–H and O–H groups in total. The van der Waals surface area contributed by atoms with Crippen molar-refractivity contribution in [2.24, 2.45) is 0 Å². The van der Waals surface area contributed by atoms with Crippen LogP contribution in [0.25, 0.3) is 11.4 Å². The summed E-state index contributed by atoms with van der Waals surface area (Å²) >= 11 is 1.33. The maximum absolute atomic E-state index is 11.8. The van der Waals surface area contributed by atoms with Gasteiger partial charge in [-0.25, -0.2) is 0 Å². The van der Waals surface area contributed by atoms with E-state index in [2.05, 4.69) is 9.97 Å². The maximum Gasteiger partial charge on any atom is 0.196 e. The van der Waals surface area contributed by atoms with Crippen LogP contribution in [0.1, 0.15) is 5.69 Å². The summed E-state index contributed by atoms with van der Waals surface area (Å²) in [4.78, 5) is 19.6. The molecule has 0 radical (unpaired) electrons. The molecule has 88 valence electrons. The van der Waals surface area contributed by atoms with E-state index in [0.29, 0.717) is 22.0 Å². The molecular weight excluding hydrogens is 236 g/mol. The molecule has 4 nitrogen and oxygen atoms in total. The van der Waals surface area contributed by atoms with Crippen molar-refractivity contribution in [1.29, 1.82) is 0 Å². The summed E-state index contributed by atoms with van der Waals surface area (Å²) in [7, 11) is 0. The smallest absolute Gasteiger partial charge is 0.196 e. The molecule has 0 aliphatic heterocycles. The Labute approximate surface area is 103 Å². The molecule has 0 aliphatic carbocycles. The summed E-state index contributed by atoms with van der Waals surface area (Å²) in [5.41, 5.74) is 1.75. The van der Waals surface area contributed by atoms with Crippen LogP contribution in [0.4, 0.5) is 0 Å². The van der Waals surface area contributed by atoms with Gasteiger partial charge in [-0.05, 0) is 18.4 Å². The number of nitrogens with zero attached hydrogens (tertiary/aromatic N) is 1. The van der Waals surface area contributed by atoms with E-state index in [1.54, 1.807) is 6.20 Å². The monoisotopic (exact) mass is 248 g/mol. The van der Waals surface area contributed by atoms with Crippen molar-refractivity contribution in [1.82, 2.24) is 9.97 Å². The van der Waals surface area contributed by atoms with Crippen molar-refractivity contribution in [3.63, 3.8) is 0 Å². The molecule has 2 aromatic heterocycles. The molecule has 0 saturated heterocycles. The third-order valence-electron chi connectivity index (χ3n) is 2.36. The Bertz CT molecular complexity index is 566. The van der Waals surface area contributed by atoms with Crippen LogP contribution in [0.3, 0.4) is 0 Å². The number of aliphatic hydroxyl groups is 1. The highest BCUT2D eigenvalue weighted by Gasteiger charge is 2.09. The largest absolute Gasteiger partial charge is 0.390 e. The Morgan fingerprint density at radius 2 is 2.29 bits per heavy atom. The highest BCUT2D eigenvalue weighted by molar-refractivity contribution is 7.98. The fourth-order valence-electron chi connectivity index (χ4n) is 1.60. The van der Waals surface area contributed by atoms with Crippen LogP contribution in [-0.2, 0) is 6.61 Å². The van der Waals surface area contributed by atoms with Crippen LogP contribution in [0.15, 0.2) is 40.2 Å². The van der Waals surface area contributed by atoms with Gasteiger partial charge in [0.1, 0.15) is 0 Å². The number of aromatic nitrogens is 2. The molecule has 0 aliphatic rings. The number of aromatic amines is 1. The predicted molar refractivity (Wildman–Crippen MR) is 68.0 cm³/mol. The minimum Gasteiger partial charge on any atom is -0.390 e. The molecule has 2 heterocycles. The van der Waals surface area contributed by atoms with E-state index in [1.807, 2.05) is 24.5 Å². The third-order valence-corrected chi connectivity index (χ3v) is 3.22. The van der Waals surface area contributed by atoms with Gasteiger partial charge in [0.25, 0.3) is 0 Å². The fraction of sp³-hybridized carbons (Fsp3) is 0.167. The molecule has 0 amide bonds. The van der Waals surface area contributed by atoms with Gasteiger partial charge in [-0.1, -0.05) is 6.07 Å². The van der Waals surface area contributed by atoms with E-state index in [1.165, 1.54) is 17.8 Å². The van der Waals surface area contributed by atoms with Gasteiger partial charge in [0, 0.05) is 12.3 Å². The second-order valence-electron chi connectivity index (χ2n) is 3.43. The molecule has 2 rings (SSSR count). The van der Waals surface area contributed by atoms with Gasteiger partial charge in [-0.3, -0.25) is 9.78 Å². The Balaban J connectivity index is 2.59. The van der Waals surface area contributed by atoms with Gasteiger partial charge in [0.05, 0.1) is 28.6 Å². The summed E-state index contributed by atoms with van der Waals surface area (Å²) in [6.45, 7) is -0.188. The maximum atomic E-state index is 11.8. The number of H-pyrrole nitrogens is 1. The number of aliphatic hydroxyl groups excluding tert-OH is 1. The molecule has 0 unspecified atom stereocenters. The molecule has 0 saturated carbocycles. The Hall–Kier alpha value is -1.59. The minimum atomic E-state index is -0.188. The van der Waals surface area contributed by atoms with Crippen LogP contribution in [-0.4, -0.2) is 21.3 Å². The average molecular weight is 248 g/mol. The lowest BCUT2D eigenvalue weighted by Gasteiger charge is -2.07. The van der Waals surface area contributed by atoms with Gasteiger partial charge in [0.2, 0.25) is 0 Å². The fourth-order valence-corrected chi connectivity index (χ4v) is 2.22. The summed E-state index contributed by atoms with van der Waals surface area (Å²) in [6, 6.07) is 6.98. The van der Waals surface area contributed by atoms with Crippen molar-refractivity contribution in [3.8, 4) is 11.4 Å². The average Bonchev–Trinajstić information content (AvgIpc) is 2.38. The lowest BCUT2D eigenvalue weighted by Crippen LogP contribution is -2.10. The van der Waals surface area contributed by atoms with Crippen LogP contribution >= 0.6 is 11.8 Å². The Kier molecular flexibility index (Phi) is 3.61. The zero-order valence-electron chi connectivity index (χ0n) is 9.30. The van der Waals surface area contributed by atoms with Crippen molar-refractivity contribution in [2.45, 2.75) is 11.5 Å². The van der Waals surface area contributed by atoms with E-state index in [9.17, 15) is 9.90 Å². The lowest BCUT2D eigenvalue weighted by atomic mass is 10.2. The standard InChI is InChI=1S/C12H12N2O2S/c1-17-12-10(7-15)14-9(6-11(12)16)8-4-2-3-5-13-8/h2-6,15H,7H2,1H3,(H,14,16). The SMILES string of the molecule is CSc1c(CO)[nH]c(-c2ccccn2)cc1=O. The van der Waals surface area contributed by atoms with Crippen molar-refractivity contribution < 1.29 is 5.11 Å². The molecule has 0 fully saturated rings. The Morgan fingerprint density at radius 1 is 1.47 bits per heavy atom. The molecule has 17 heavy (non-hydrogen) atoms. The van der Waals surface area contributed by atoms with Crippen molar-refractivity contribution in [3.05, 3.63) is 46.4 Å². The first-order valence-electron chi connectivity index (χ1n) is 5.08. The zero-order chi connectivity index (χ0) is 12.3. The first kappa shape index (κ1) is 11.9. The lowest BCUT2D eigenvalue weighted by molar-refractivity contribution is 0.273. The molecule has 2 aromatic rings. The van der Waals surface area contributed by atoms with E-state index in [4.69, 9.17) is 0 Å². The van der Waals surface area contributed by atoms with Crippen LogP contribution in [0, 0.1) is 0 Å². The summed E-state index contributed by atoms with van der Waals surface area (Å²) in [6.07, 6.45) is 3.47. The second-order valence-corrected chi connectivity index (χ2v) is 4.25. The highest BCUT2D eigenvalue weighted by atomic mass is 32.2. The number of hydrogen-bond donors (Lipinski definition) is 2. The number of rotatable bonds is 3. The summed E-state index contributed by atoms with van der Waals surface area (Å²) in [5.74, 6) is 0. The molecule has 5 heteroatoms. The molecule has 0 bridgehead atoms. The van der Waals surface area contributed by atoms with E-state index in [0.717, 1.165) is 0 Å². The summed E-state index contributed by atoms with van der Waals surface area (Å²) in [5, 5.41) is 9.24. The second kappa shape index (κ2) is 5.16. The first-order chi connectivity index (χ1) is 8.26. The first-order valence-corrected chi connectivity index (χ1v) is 6.31. The number of hydrogen-bond acceptors (Lipinski definition) is 4. The van der Waals surface area contributed by atoms with Crippen molar-refractivity contribution in [2.75, 3.05) is 6.26 Å². The zero-order valence-corrected chi connectivity index (χ0v) is 10.1. The van der Waals surface area contributed by atoms with E-state index < -0.39 is 0 Å². The number of thioether (sulfide) groups is 1. The van der Waals surface area contributed by atoms with Gasteiger partial charge in [0.15, 0.2) is 5.43 Å². The van der Waals surface area contributed by atoms with Gasteiger partial charge < -0.3 is 10.1 Å². The normalized spacial score (nSPS) is 10.5. The molecule has 0 aromatic carbocycles. The van der Waals surface area contributed by atoms with E-state index in [-0.39, 0.29) is 12.0 Å². The molecule has 0 spiro atoms. The summed E-state index contributed by atoms with van der Waals surface area (Å²) < 4.78 is 0. The van der Waals surface area contributed by atoms with Crippen LogP contribution in [0.2, 0.25) is 0 Å². The van der Waals surface area contributed by atoms with E-state index >= 15 is 0 Å². The highest BCUT2D eigenvalue weighted by Crippen LogP contribution is 2.18. The third kappa shape index (κ3) is 2.40. The molecular formula is C12H12N2O2S. The number of pyridine rings is 2. The van der Waals surface area contributed by atoms with Crippen molar-refractivity contribution >= 4 is 11.8 Å². The predicted octanol–water partition coefficient (Wildman–Crippen LogP) is 1.65. The minimum absolute atomic E-state index is 0.0963. The van der Waals surface area contributed by atoms with Crippen LogP contribution in [0.5, 0.6) is 0 Å². The van der Waals surface area contributed by atoms with Gasteiger partial charge >= 0.3 is 0 Å².